The summed E-state index contributed by atoms with van der Waals surface area (Å²) in [5.41, 5.74) is 0. The van der Waals surface area contributed by atoms with Crippen molar-refractivity contribution in [1.29, 1.82) is 0 Å². The van der Waals surface area contributed by atoms with Gasteiger partial charge in [-0.3, -0.25) is 4.79 Å². The lowest BCUT2D eigenvalue weighted by Gasteiger charge is -2.04. The Labute approximate surface area is 53.2 Å². The van der Waals surface area contributed by atoms with Gasteiger partial charge in [0, 0.05) is 12.2 Å². The summed E-state index contributed by atoms with van der Waals surface area (Å²) in [6.07, 6.45) is 2.44. The molecule has 0 radical (unpaired) electrons. The number of hydrogen-bond donors (Lipinski definition) is 0. The van der Waals surface area contributed by atoms with Crippen molar-refractivity contribution in [3.63, 3.8) is 0 Å². The molecule has 8 heavy (non-hydrogen) atoms. The molecule has 0 N–H and O–H groups in total. The van der Waals surface area contributed by atoms with Crippen LogP contribution in [0.3, 0.4) is 0 Å². The fourth-order valence-corrected chi connectivity index (χ4v) is 1.49. The molecule has 1 nitrogen and oxygen atoms in total. The summed E-state index contributed by atoms with van der Waals surface area (Å²) in [5, 5.41) is 0. The van der Waals surface area contributed by atoms with E-state index in [2.05, 4.69) is 0 Å². The summed E-state index contributed by atoms with van der Waals surface area (Å²) in [7, 11) is 0. The molecule has 0 fully saturated rings. The van der Waals surface area contributed by atoms with Crippen molar-refractivity contribution in [2.45, 2.75) is 13.3 Å². The van der Waals surface area contributed by atoms with Crippen molar-refractivity contribution in [1.82, 2.24) is 0 Å². The Morgan fingerprint density at radius 2 is 2.50 bits per heavy atom. The number of allylic oxidation sites excluding steroid dienone is 2. The van der Waals surface area contributed by atoms with Gasteiger partial charge in [-0.15, -0.1) is 11.8 Å². The zero-order valence-electron chi connectivity index (χ0n) is 4.81. The number of carbonyl (C=O) groups is 1. The fraction of sp³-hybridized carbons (Fsp3) is 0.500. The largest absolute Gasteiger partial charge is 0.295 e. The van der Waals surface area contributed by atoms with Crippen LogP contribution in [-0.4, -0.2) is 11.5 Å². The maximum atomic E-state index is 10.6. The molecule has 0 aromatic rings. The fourth-order valence-electron chi connectivity index (χ4n) is 0.653. The molecule has 0 aromatic carbocycles. The maximum Gasteiger partial charge on any atom is 0.157 e. The third kappa shape index (κ3) is 1.37. The minimum Gasteiger partial charge on any atom is -0.295 e. The standard InChI is InChI=1S/C6H8OS/c1-5-4-6(7)2-3-8-5/h4H,2-3H2,1H3. The number of carbonyl (C=O) groups excluding carboxylic acids is 1. The predicted octanol–water partition coefficient (Wildman–Crippen LogP) is 1.60. The lowest BCUT2D eigenvalue weighted by atomic mass is 10.3. The van der Waals surface area contributed by atoms with E-state index in [-0.39, 0.29) is 5.78 Å². The van der Waals surface area contributed by atoms with Crippen LogP contribution in [0, 0.1) is 0 Å². The third-order valence-corrected chi connectivity index (χ3v) is 2.02. The molecule has 1 aliphatic rings. The van der Waals surface area contributed by atoms with Crippen LogP contribution in [0.4, 0.5) is 0 Å². The summed E-state index contributed by atoms with van der Waals surface area (Å²) in [5.74, 6) is 1.25. The van der Waals surface area contributed by atoms with Gasteiger partial charge in [0.15, 0.2) is 5.78 Å². The topological polar surface area (TPSA) is 17.1 Å². The van der Waals surface area contributed by atoms with E-state index in [1.807, 2.05) is 6.92 Å². The highest BCUT2D eigenvalue weighted by atomic mass is 32.2. The molecular weight excluding hydrogens is 120 g/mol. The van der Waals surface area contributed by atoms with Gasteiger partial charge in [-0.2, -0.15) is 0 Å². The summed E-state index contributed by atoms with van der Waals surface area (Å²) >= 11 is 1.76. The van der Waals surface area contributed by atoms with E-state index in [1.54, 1.807) is 17.8 Å². The molecule has 0 aromatic heterocycles. The Bertz CT molecular complexity index is 137. The van der Waals surface area contributed by atoms with Gasteiger partial charge in [-0.05, 0) is 17.9 Å². The molecule has 1 rings (SSSR count). The van der Waals surface area contributed by atoms with Gasteiger partial charge in [0.1, 0.15) is 0 Å². The first-order valence-corrected chi connectivity index (χ1v) is 3.61. The average Bonchev–Trinajstić information content (AvgIpc) is 1.64. The number of rotatable bonds is 0. The van der Waals surface area contributed by atoms with Gasteiger partial charge in [0.05, 0.1) is 0 Å². The summed E-state index contributed by atoms with van der Waals surface area (Å²) in [6, 6.07) is 0. The summed E-state index contributed by atoms with van der Waals surface area (Å²) < 4.78 is 0. The second-order valence-corrected chi connectivity index (χ2v) is 3.16. The molecule has 0 unspecified atom stereocenters. The quantitative estimate of drug-likeness (QED) is 0.493. The van der Waals surface area contributed by atoms with Crippen LogP contribution in [0.15, 0.2) is 11.0 Å². The smallest absolute Gasteiger partial charge is 0.157 e. The average molecular weight is 128 g/mol. The Kier molecular flexibility index (Phi) is 1.73. The van der Waals surface area contributed by atoms with Crippen LogP contribution in [0.25, 0.3) is 0 Å². The van der Waals surface area contributed by atoms with Gasteiger partial charge in [-0.25, -0.2) is 0 Å². The van der Waals surface area contributed by atoms with Gasteiger partial charge in [0.2, 0.25) is 0 Å². The van der Waals surface area contributed by atoms with Crippen molar-refractivity contribution in [3.05, 3.63) is 11.0 Å². The molecule has 0 spiro atoms. The van der Waals surface area contributed by atoms with E-state index < -0.39 is 0 Å². The molecule has 0 saturated heterocycles. The Balaban J connectivity index is 2.64. The zero-order chi connectivity index (χ0) is 5.98. The Morgan fingerprint density at radius 3 is 2.88 bits per heavy atom. The highest BCUT2D eigenvalue weighted by Gasteiger charge is 2.04. The van der Waals surface area contributed by atoms with Crippen molar-refractivity contribution in [3.8, 4) is 0 Å². The van der Waals surface area contributed by atoms with Crippen LogP contribution in [-0.2, 0) is 4.79 Å². The molecular formula is C6H8OS. The number of hydrogen-bond acceptors (Lipinski definition) is 2. The van der Waals surface area contributed by atoms with E-state index in [0.29, 0.717) is 0 Å². The SMILES string of the molecule is CC1=CC(=O)CCS1. The van der Waals surface area contributed by atoms with Crippen LogP contribution < -0.4 is 0 Å². The number of thioether (sulfide) groups is 1. The first-order chi connectivity index (χ1) is 3.79. The van der Waals surface area contributed by atoms with Crippen LogP contribution >= 0.6 is 11.8 Å². The Morgan fingerprint density at radius 1 is 1.75 bits per heavy atom. The van der Waals surface area contributed by atoms with Gasteiger partial charge in [0.25, 0.3) is 0 Å². The minimum absolute atomic E-state index is 0.279. The minimum atomic E-state index is 0.279. The van der Waals surface area contributed by atoms with Gasteiger partial charge in [-0.1, -0.05) is 0 Å². The van der Waals surface area contributed by atoms with Crippen LogP contribution in [0.1, 0.15) is 13.3 Å². The van der Waals surface area contributed by atoms with Gasteiger partial charge >= 0.3 is 0 Å². The van der Waals surface area contributed by atoms with Crippen molar-refractivity contribution in [2.75, 3.05) is 5.75 Å². The lowest BCUT2D eigenvalue weighted by molar-refractivity contribution is -0.114. The molecule has 1 heterocycles. The molecule has 0 aliphatic carbocycles. The van der Waals surface area contributed by atoms with Gasteiger partial charge < -0.3 is 0 Å². The van der Waals surface area contributed by atoms with E-state index in [0.717, 1.165) is 17.1 Å². The molecule has 0 saturated carbocycles. The van der Waals surface area contributed by atoms with Crippen molar-refractivity contribution >= 4 is 17.5 Å². The second kappa shape index (κ2) is 2.35. The van der Waals surface area contributed by atoms with Crippen LogP contribution in [0.2, 0.25) is 0 Å². The van der Waals surface area contributed by atoms with E-state index in [9.17, 15) is 4.79 Å². The summed E-state index contributed by atoms with van der Waals surface area (Å²) in [6.45, 7) is 1.97. The number of ketones is 1. The van der Waals surface area contributed by atoms with Crippen LogP contribution in [0.5, 0.6) is 0 Å². The second-order valence-electron chi connectivity index (χ2n) is 1.82. The highest BCUT2D eigenvalue weighted by molar-refractivity contribution is 8.03. The van der Waals surface area contributed by atoms with E-state index >= 15 is 0 Å². The molecule has 44 valence electrons. The Hall–Kier alpha value is -0.240. The molecule has 0 atom stereocenters. The van der Waals surface area contributed by atoms with E-state index in [4.69, 9.17) is 0 Å². The maximum absolute atomic E-state index is 10.6. The molecule has 2 heteroatoms. The molecule has 0 amide bonds. The zero-order valence-corrected chi connectivity index (χ0v) is 5.62. The lowest BCUT2D eigenvalue weighted by Crippen LogP contribution is -2.00. The molecule has 1 aliphatic heterocycles. The predicted molar refractivity (Wildman–Crippen MR) is 35.8 cm³/mol. The first kappa shape index (κ1) is 5.89. The highest BCUT2D eigenvalue weighted by Crippen LogP contribution is 2.20. The van der Waals surface area contributed by atoms with Crippen molar-refractivity contribution < 1.29 is 4.79 Å². The summed E-state index contributed by atoms with van der Waals surface area (Å²) in [4.78, 5) is 11.7. The third-order valence-electron chi connectivity index (χ3n) is 1.04. The monoisotopic (exact) mass is 128 g/mol. The van der Waals surface area contributed by atoms with Crippen molar-refractivity contribution in [2.24, 2.45) is 0 Å². The first-order valence-electron chi connectivity index (χ1n) is 2.63. The molecule has 0 bridgehead atoms. The normalized spacial score (nSPS) is 20.6. The van der Waals surface area contributed by atoms with E-state index in [1.165, 1.54) is 0 Å².